The van der Waals surface area contributed by atoms with Crippen LogP contribution in [0.4, 0.5) is 4.79 Å². The summed E-state index contributed by atoms with van der Waals surface area (Å²) in [7, 11) is 1.51. The molecule has 6 aliphatic rings. The van der Waals surface area contributed by atoms with Gasteiger partial charge >= 0.3 is 18.0 Å². The summed E-state index contributed by atoms with van der Waals surface area (Å²) >= 11 is 0. The lowest BCUT2D eigenvalue weighted by molar-refractivity contribution is -0.271. The van der Waals surface area contributed by atoms with Gasteiger partial charge in [0, 0.05) is 93.1 Å². The van der Waals surface area contributed by atoms with E-state index in [1.807, 2.05) is 19.2 Å². The molecule has 4 amide bonds. The van der Waals surface area contributed by atoms with Crippen molar-refractivity contribution in [3.63, 3.8) is 0 Å². The van der Waals surface area contributed by atoms with Crippen molar-refractivity contribution in [2.75, 3.05) is 33.4 Å². The van der Waals surface area contributed by atoms with Crippen molar-refractivity contribution < 1.29 is 82.8 Å². The normalized spacial score (nSPS) is 27.8. The second-order valence-corrected chi connectivity index (χ2v) is 22.7. The monoisotopic (exact) mass is 1100 g/mol. The number of hydrogen-bond acceptors (Lipinski definition) is 16. The Morgan fingerprint density at radius 2 is 1.54 bits per heavy atom. The van der Waals surface area contributed by atoms with Crippen molar-refractivity contribution in [3.05, 3.63) is 89.0 Å². The van der Waals surface area contributed by atoms with E-state index >= 15 is 0 Å². The van der Waals surface area contributed by atoms with E-state index in [1.165, 1.54) is 13.1 Å². The van der Waals surface area contributed by atoms with Gasteiger partial charge in [-0.2, -0.15) is 0 Å². The largest absolute Gasteiger partial charge is 0.479 e. The summed E-state index contributed by atoms with van der Waals surface area (Å²) in [6, 6.07) is 9.94. The summed E-state index contributed by atoms with van der Waals surface area (Å²) in [6.45, 7) is 7.64. The third-order valence-corrected chi connectivity index (χ3v) is 15.8. The number of Topliss-reactive ketones (excluding diaryl/α,β-unsaturated/α-hetero) is 2. The molecule has 9 rings (SSSR count). The standard InChI is InChI=1S/C57H69N5O17/c1-33-39(40-12-11-36(25-42(65)58-4)60-45(40)50(71)72)17-19-61(33)32-56-27-54(2)26-55(3,28-56)30-57(29-54,31-56)77-22-18-59-53(75)76-21-6-7-34-10-13-41(78-52-48(70)46(68)47(69)49(79-52)51(73)74)35(23-34)24-38(64)9-5-8-37(63)16-20-62-43(66)14-15-44(62)67/h6-7,10-15,17,19,23,46-49,52,68-70H,5,8-9,16,18,20-22,24-32H2,1-4H3,(H,58,65)(H,59,75)(H,71,72)(H,73,74)/b7-6+/t46-,47-,48+,49-,52?,54?,55?,56?,57?/m0/s1. The molecule has 7 N–H and O–H groups in total. The van der Waals surface area contributed by atoms with E-state index < -0.39 is 66.2 Å². The lowest BCUT2D eigenvalue weighted by atomic mass is 9.39. The molecule has 22 heteroatoms. The number of hydrogen-bond donors (Lipinski definition) is 7. The number of carbonyl (C=O) groups is 8. The number of likely N-dealkylation sites (N-methyl/N-ethyl adjacent to an activating group) is 1. The van der Waals surface area contributed by atoms with E-state index in [4.69, 9.17) is 18.9 Å². The number of rotatable bonds is 25. The van der Waals surface area contributed by atoms with Crippen LogP contribution in [0.5, 0.6) is 5.75 Å². The highest BCUT2D eigenvalue weighted by Gasteiger charge is 2.66. The number of alkyl carbamates (subject to hydrolysis) is 1. The fourth-order valence-corrected chi connectivity index (χ4v) is 13.6. The molecule has 0 radical (unpaired) electrons. The summed E-state index contributed by atoms with van der Waals surface area (Å²) in [5.74, 6) is -4.61. The Balaban J connectivity index is 0.852. The molecule has 7 atom stereocenters. The number of aliphatic hydroxyl groups excluding tert-OH is 3. The number of carboxylic acids is 2. The molecule has 3 aromatic rings. The van der Waals surface area contributed by atoms with E-state index in [1.54, 1.807) is 36.4 Å². The van der Waals surface area contributed by atoms with E-state index in [9.17, 15) is 63.9 Å². The number of pyridine rings is 1. The Morgan fingerprint density at radius 1 is 0.835 bits per heavy atom. The van der Waals surface area contributed by atoms with Gasteiger partial charge in [0.1, 0.15) is 42.2 Å². The third-order valence-electron chi connectivity index (χ3n) is 15.8. The quantitative estimate of drug-likeness (QED) is 0.0468. The number of aromatic nitrogens is 2. The van der Waals surface area contributed by atoms with Gasteiger partial charge in [-0.1, -0.05) is 32.1 Å². The molecule has 1 aromatic carbocycles. The molecule has 1 saturated heterocycles. The maximum Gasteiger partial charge on any atom is 0.407 e. The van der Waals surface area contributed by atoms with Crippen LogP contribution in [-0.4, -0.2) is 157 Å². The fraction of sp³-hybridized carbons (Fsp3) is 0.526. The van der Waals surface area contributed by atoms with Crippen molar-refractivity contribution in [1.29, 1.82) is 0 Å². The summed E-state index contributed by atoms with van der Waals surface area (Å²) < 4.78 is 25.6. The van der Waals surface area contributed by atoms with Crippen molar-refractivity contribution >= 4 is 53.4 Å². The molecule has 22 nitrogen and oxygen atoms in total. The van der Waals surface area contributed by atoms with Crippen LogP contribution in [-0.2, 0) is 62.4 Å². The molecular formula is C57H69N5O17. The van der Waals surface area contributed by atoms with Crippen molar-refractivity contribution in [2.24, 2.45) is 16.2 Å². The number of aliphatic carboxylic acids is 1. The van der Waals surface area contributed by atoms with Gasteiger partial charge in [-0.3, -0.25) is 28.9 Å². The number of aliphatic hydroxyl groups is 3. The molecule has 4 saturated carbocycles. The predicted octanol–water partition coefficient (Wildman–Crippen LogP) is 3.86. The Hall–Kier alpha value is -7.11. The number of nitrogens with one attached hydrogen (secondary N) is 2. The molecule has 79 heavy (non-hydrogen) atoms. The number of benzene rings is 1. The van der Waals surface area contributed by atoms with Crippen LogP contribution in [0.25, 0.3) is 17.2 Å². The van der Waals surface area contributed by atoms with Gasteiger partial charge in [0.05, 0.1) is 24.3 Å². The van der Waals surface area contributed by atoms with Gasteiger partial charge in [0.15, 0.2) is 11.8 Å². The Labute approximate surface area is 456 Å². The highest BCUT2D eigenvalue weighted by Crippen LogP contribution is 2.72. The fourth-order valence-electron chi connectivity index (χ4n) is 13.6. The topological polar surface area (TPSA) is 320 Å². The van der Waals surface area contributed by atoms with Crippen LogP contribution in [0, 0.1) is 23.2 Å². The molecule has 0 spiro atoms. The van der Waals surface area contributed by atoms with Gasteiger partial charge in [0.2, 0.25) is 12.2 Å². The zero-order valence-corrected chi connectivity index (χ0v) is 44.7. The number of amides is 4. The second kappa shape index (κ2) is 23.7. The van der Waals surface area contributed by atoms with E-state index in [0.29, 0.717) is 16.8 Å². The number of carboxylic acid groups (broad SMARTS) is 2. The molecule has 3 unspecified atom stereocenters. The molecule has 4 bridgehead atoms. The summed E-state index contributed by atoms with van der Waals surface area (Å²) in [4.78, 5) is 104. The number of nitrogens with zero attached hydrogens (tertiary/aromatic N) is 3. The maximum atomic E-state index is 13.3. The highest BCUT2D eigenvalue weighted by molar-refractivity contribution is 6.13. The lowest BCUT2D eigenvalue weighted by Gasteiger charge is -2.69. The molecule has 2 aromatic heterocycles. The van der Waals surface area contributed by atoms with Gasteiger partial charge in [-0.15, -0.1) is 0 Å². The predicted molar refractivity (Wildman–Crippen MR) is 280 cm³/mol. The first kappa shape index (κ1) is 58.0. The van der Waals surface area contributed by atoms with Crippen LogP contribution < -0.4 is 15.4 Å². The molecule has 5 fully saturated rings. The second-order valence-electron chi connectivity index (χ2n) is 22.7. The van der Waals surface area contributed by atoms with Crippen LogP contribution in [0.3, 0.4) is 0 Å². The van der Waals surface area contributed by atoms with Crippen LogP contribution in [0.1, 0.15) is 111 Å². The zero-order valence-electron chi connectivity index (χ0n) is 44.7. The molecule has 2 aliphatic heterocycles. The summed E-state index contributed by atoms with van der Waals surface area (Å²) in [5, 5.41) is 56.2. The van der Waals surface area contributed by atoms with Crippen molar-refractivity contribution in [2.45, 2.75) is 141 Å². The van der Waals surface area contributed by atoms with Gasteiger partial charge in [-0.05, 0) is 104 Å². The van der Waals surface area contributed by atoms with E-state index in [2.05, 4.69) is 34.0 Å². The molecule has 4 aliphatic carbocycles. The number of imide groups is 1. The highest BCUT2D eigenvalue weighted by atomic mass is 16.7. The number of ketones is 2. The van der Waals surface area contributed by atoms with Crippen LogP contribution >= 0.6 is 0 Å². The van der Waals surface area contributed by atoms with Gasteiger partial charge in [0.25, 0.3) is 11.8 Å². The Bertz CT molecular complexity index is 2910. The maximum absolute atomic E-state index is 13.3. The first-order chi connectivity index (χ1) is 37.4. The van der Waals surface area contributed by atoms with Crippen molar-refractivity contribution in [1.82, 2.24) is 25.1 Å². The van der Waals surface area contributed by atoms with E-state index in [-0.39, 0.29) is 116 Å². The average molecular weight is 1100 g/mol. The summed E-state index contributed by atoms with van der Waals surface area (Å²) in [5.41, 5.74) is 2.79. The minimum Gasteiger partial charge on any atom is -0.479 e. The number of ether oxygens (including phenoxy) is 4. The minimum atomic E-state index is -1.95. The number of carbonyl (C=O) groups excluding carboxylic acids is 6. The van der Waals surface area contributed by atoms with Gasteiger partial charge < -0.3 is 59.7 Å². The van der Waals surface area contributed by atoms with Crippen LogP contribution in [0.2, 0.25) is 0 Å². The Morgan fingerprint density at radius 3 is 2.23 bits per heavy atom. The van der Waals surface area contributed by atoms with Crippen molar-refractivity contribution in [3.8, 4) is 16.9 Å². The Kier molecular flexibility index (Phi) is 17.4. The molecule has 4 heterocycles. The van der Waals surface area contributed by atoms with Crippen LogP contribution in [0.15, 0.2) is 60.8 Å². The van der Waals surface area contributed by atoms with E-state index in [0.717, 1.165) is 73.4 Å². The third kappa shape index (κ3) is 13.5. The first-order valence-electron chi connectivity index (χ1n) is 26.5. The average Bonchev–Trinajstić information content (AvgIpc) is 4.03. The van der Waals surface area contributed by atoms with Gasteiger partial charge in [-0.25, -0.2) is 19.4 Å². The first-order valence-corrected chi connectivity index (χ1v) is 26.5. The summed E-state index contributed by atoms with van der Waals surface area (Å²) in [6.07, 6.45) is 2.90. The molecule has 424 valence electrons. The number of aromatic carboxylic acids is 1. The smallest absolute Gasteiger partial charge is 0.407 e. The molecular weight excluding hydrogens is 1030 g/mol. The minimum absolute atomic E-state index is 0.00278. The SMILES string of the molecule is CNC(=O)Cc1ccc(-c2ccn(CC34CC5(C)CC(C)(C3)CC(OCCNC(=O)OC/C=C/c3ccc(OC6O[C@H](C(=O)O)[C@@H](O)[C@H](O)[C@H]6O)c(CC(=O)CCCC(=O)CCN6C(=O)C=CC6=O)c3)(C5)C4)c2C)c(C(=O)O)n1. The lowest BCUT2D eigenvalue weighted by Crippen LogP contribution is -2.64. The zero-order chi connectivity index (χ0) is 57.0.